The van der Waals surface area contributed by atoms with Crippen LogP contribution in [0.25, 0.3) is 0 Å². The van der Waals surface area contributed by atoms with E-state index < -0.39 is 0 Å². The molecule has 0 bridgehead atoms. The van der Waals surface area contributed by atoms with Gasteiger partial charge in [0.25, 0.3) is 0 Å². The van der Waals surface area contributed by atoms with Crippen molar-refractivity contribution in [2.24, 2.45) is 28.6 Å². The van der Waals surface area contributed by atoms with Gasteiger partial charge in [-0.15, -0.1) is 0 Å². The molecular weight excluding hydrogens is 340 g/mol. The van der Waals surface area contributed by atoms with E-state index in [4.69, 9.17) is 14.2 Å². The second-order valence-electron chi connectivity index (χ2n) is 9.78. The number of fused-ring (bicyclic) bond motifs is 6. The molecule has 6 atom stereocenters. The van der Waals surface area contributed by atoms with Crippen LogP contribution in [0.3, 0.4) is 0 Å². The predicted molar refractivity (Wildman–Crippen MR) is 102 cm³/mol. The van der Waals surface area contributed by atoms with Crippen LogP contribution in [-0.4, -0.2) is 31.1 Å². The van der Waals surface area contributed by atoms with E-state index in [0.29, 0.717) is 17.8 Å². The number of carbonyl (C=O) groups is 1. The molecule has 1 aliphatic heterocycles. The van der Waals surface area contributed by atoms with Crippen molar-refractivity contribution < 1.29 is 19.0 Å². The number of rotatable bonds is 1. The second-order valence-corrected chi connectivity index (χ2v) is 9.78. The van der Waals surface area contributed by atoms with Crippen molar-refractivity contribution in [3.05, 3.63) is 23.8 Å². The molecule has 27 heavy (non-hydrogen) atoms. The highest BCUT2D eigenvalue weighted by Gasteiger charge is 2.66. The van der Waals surface area contributed by atoms with E-state index in [1.807, 2.05) is 0 Å². The molecule has 4 nitrogen and oxygen atoms in total. The molecular formula is C23H32O4. The average Bonchev–Trinajstić information content (AvgIpc) is 3.21. The molecule has 0 aromatic heterocycles. The molecule has 0 aromatic carbocycles. The standard InChI is InChI=1S/C23H32O4/c1-15(24)27-17-6-9-21(2)16(14-17)4-5-18-19(21)7-10-22(3)20(18)8-11-23(22)25-12-13-26-23/h4,6,9,17-20H,5,7-8,10-14H2,1-3H3/t17?,18?,19?,20?,21-,22-/m0/s1. The van der Waals surface area contributed by atoms with Crippen molar-refractivity contribution in [1.82, 2.24) is 0 Å². The molecule has 0 radical (unpaired) electrons. The number of hydrogen-bond acceptors (Lipinski definition) is 4. The maximum atomic E-state index is 11.4. The first kappa shape index (κ1) is 17.9. The third-order valence-electron chi connectivity index (χ3n) is 8.73. The van der Waals surface area contributed by atoms with Crippen LogP contribution in [0.15, 0.2) is 23.8 Å². The zero-order valence-corrected chi connectivity index (χ0v) is 16.8. The summed E-state index contributed by atoms with van der Waals surface area (Å²) >= 11 is 0. The van der Waals surface area contributed by atoms with E-state index in [9.17, 15) is 4.79 Å². The second kappa shape index (κ2) is 5.93. The van der Waals surface area contributed by atoms with Crippen LogP contribution in [-0.2, 0) is 19.0 Å². The largest absolute Gasteiger partial charge is 0.458 e. The first-order valence-corrected chi connectivity index (χ1v) is 10.7. The molecule has 0 amide bonds. The molecule has 0 aromatic rings. The van der Waals surface area contributed by atoms with Gasteiger partial charge in [0.05, 0.1) is 13.2 Å². The zero-order chi connectivity index (χ0) is 18.9. The fraction of sp³-hybridized carbons (Fsp3) is 0.783. The lowest BCUT2D eigenvalue weighted by atomic mass is 9.49. The van der Waals surface area contributed by atoms with E-state index >= 15 is 0 Å². The number of ether oxygens (including phenoxy) is 3. The molecule has 3 fully saturated rings. The van der Waals surface area contributed by atoms with Crippen LogP contribution in [0.4, 0.5) is 0 Å². The minimum atomic E-state index is -0.323. The molecule has 1 spiro atoms. The van der Waals surface area contributed by atoms with Crippen molar-refractivity contribution in [1.29, 1.82) is 0 Å². The monoisotopic (exact) mass is 372 g/mol. The van der Waals surface area contributed by atoms with Gasteiger partial charge in [-0.1, -0.05) is 31.6 Å². The maximum absolute atomic E-state index is 11.4. The van der Waals surface area contributed by atoms with Crippen molar-refractivity contribution in [2.75, 3.05) is 13.2 Å². The van der Waals surface area contributed by atoms with Gasteiger partial charge in [-0.3, -0.25) is 4.79 Å². The lowest BCUT2D eigenvalue weighted by Crippen LogP contribution is -2.54. The van der Waals surface area contributed by atoms with Gasteiger partial charge in [-0.05, 0) is 49.5 Å². The highest BCUT2D eigenvalue weighted by atomic mass is 16.7. The van der Waals surface area contributed by atoms with E-state index in [2.05, 4.69) is 32.1 Å². The number of carbonyl (C=O) groups excluding carboxylic acids is 1. The van der Waals surface area contributed by atoms with E-state index in [1.54, 1.807) is 0 Å². The van der Waals surface area contributed by atoms with Gasteiger partial charge in [-0.25, -0.2) is 0 Å². The smallest absolute Gasteiger partial charge is 0.303 e. The minimum absolute atomic E-state index is 0.0951. The summed E-state index contributed by atoms with van der Waals surface area (Å²) < 4.78 is 17.9. The molecule has 1 heterocycles. The Balaban J connectivity index is 1.44. The summed E-state index contributed by atoms with van der Waals surface area (Å²) in [4.78, 5) is 11.4. The Morgan fingerprint density at radius 3 is 2.63 bits per heavy atom. The van der Waals surface area contributed by atoms with E-state index in [0.717, 1.165) is 32.5 Å². The minimum Gasteiger partial charge on any atom is -0.458 e. The molecule has 4 unspecified atom stereocenters. The van der Waals surface area contributed by atoms with Crippen molar-refractivity contribution in [3.8, 4) is 0 Å². The van der Waals surface area contributed by atoms with Crippen molar-refractivity contribution in [2.45, 2.75) is 71.2 Å². The molecule has 5 aliphatic rings. The molecule has 0 N–H and O–H groups in total. The van der Waals surface area contributed by atoms with Gasteiger partial charge >= 0.3 is 5.97 Å². The van der Waals surface area contributed by atoms with Gasteiger partial charge in [0.1, 0.15) is 6.10 Å². The van der Waals surface area contributed by atoms with Crippen LogP contribution in [0.2, 0.25) is 0 Å². The fourth-order valence-electron chi connectivity index (χ4n) is 7.40. The first-order valence-electron chi connectivity index (χ1n) is 10.7. The molecule has 148 valence electrons. The summed E-state index contributed by atoms with van der Waals surface area (Å²) in [7, 11) is 0. The summed E-state index contributed by atoms with van der Waals surface area (Å²) in [6.45, 7) is 7.84. The summed E-state index contributed by atoms with van der Waals surface area (Å²) in [5, 5.41) is 0. The lowest BCUT2D eigenvalue weighted by Gasteiger charge is -2.57. The highest BCUT2D eigenvalue weighted by Crippen LogP contribution is 2.68. The van der Waals surface area contributed by atoms with Crippen molar-refractivity contribution in [3.63, 3.8) is 0 Å². The predicted octanol–water partition coefficient (Wildman–Crippen LogP) is 4.40. The quantitative estimate of drug-likeness (QED) is 0.505. The Labute approximate surface area is 162 Å². The summed E-state index contributed by atoms with van der Waals surface area (Å²) in [6.07, 6.45) is 13.5. The van der Waals surface area contributed by atoms with Crippen LogP contribution in [0, 0.1) is 28.6 Å². The molecule has 2 saturated carbocycles. The third kappa shape index (κ3) is 2.38. The number of esters is 1. The molecule has 4 heteroatoms. The first-order chi connectivity index (χ1) is 12.9. The van der Waals surface area contributed by atoms with Gasteiger partial charge in [-0.2, -0.15) is 0 Å². The highest BCUT2D eigenvalue weighted by molar-refractivity contribution is 5.66. The summed E-state index contributed by atoms with van der Waals surface area (Å²) in [5.41, 5.74) is 1.72. The SMILES string of the molecule is CC(=O)OC1C=C[C@@]2(C)C(=CCC3C2CC[C@@]2(C)C3CCC23OCCO3)C1. The van der Waals surface area contributed by atoms with Crippen LogP contribution >= 0.6 is 0 Å². The van der Waals surface area contributed by atoms with Crippen LogP contribution < -0.4 is 0 Å². The van der Waals surface area contributed by atoms with Gasteiger partial charge in [0.15, 0.2) is 5.79 Å². The molecule has 5 rings (SSSR count). The number of allylic oxidation sites excluding steroid dienone is 2. The lowest BCUT2D eigenvalue weighted by molar-refractivity contribution is -0.241. The van der Waals surface area contributed by atoms with Gasteiger partial charge in [0.2, 0.25) is 0 Å². The van der Waals surface area contributed by atoms with E-state index in [1.165, 1.54) is 31.8 Å². The topological polar surface area (TPSA) is 44.8 Å². The Bertz CT molecular complexity index is 703. The van der Waals surface area contributed by atoms with Crippen LogP contribution in [0.1, 0.15) is 59.3 Å². The summed E-state index contributed by atoms with van der Waals surface area (Å²) in [6, 6.07) is 0. The molecule has 1 saturated heterocycles. The van der Waals surface area contributed by atoms with E-state index in [-0.39, 0.29) is 28.7 Å². The Morgan fingerprint density at radius 1 is 1.15 bits per heavy atom. The summed E-state index contributed by atoms with van der Waals surface area (Å²) in [5.74, 6) is 1.52. The normalized spacial score (nSPS) is 47.1. The Morgan fingerprint density at radius 2 is 1.89 bits per heavy atom. The maximum Gasteiger partial charge on any atom is 0.303 e. The van der Waals surface area contributed by atoms with Crippen molar-refractivity contribution >= 4 is 5.97 Å². The van der Waals surface area contributed by atoms with Gasteiger partial charge < -0.3 is 14.2 Å². The Hall–Kier alpha value is -1.13. The zero-order valence-electron chi connectivity index (χ0n) is 16.8. The van der Waals surface area contributed by atoms with Gasteiger partial charge in [0, 0.05) is 30.6 Å². The molecule has 4 aliphatic carbocycles. The fourth-order valence-corrected chi connectivity index (χ4v) is 7.40. The third-order valence-corrected chi connectivity index (χ3v) is 8.73. The Kier molecular flexibility index (Phi) is 3.94. The average molecular weight is 373 g/mol. The van der Waals surface area contributed by atoms with Crippen LogP contribution in [0.5, 0.6) is 0 Å². The number of hydrogen-bond donors (Lipinski definition) is 0.